The molecule has 0 radical (unpaired) electrons. The minimum atomic E-state index is -0.00481. The lowest BCUT2D eigenvalue weighted by Crippen LogP contribution is -2.49. The van der Waals surface area contributed by atoms with Crippen LogP contribution in [0.1, 0.15) is 26.2 Å². The summed E-state index contributed by atoms with van der Waals surface area (Å²) < 4.78 is 10.5. The Hall–Kier alpha value is -0.650. The van der Waals surface area contributed by atoms with Crippen molar-refractivity contribution in [2.75, 3.05) is 73.7 Å². The van der Waals surface area contributed by atoms with Crippen molar-refractivity contribution < 1.29 is 14.3 Å². The van der Waals surface area contributed by atoms with Gasteiger partial charge >= 0.3 is 0 Å². The van der Waals surface area contributed by atoms with Crippen LogP contribution >= 0.6 is 24.0 Å². The number of guanidine groups is 1. The monoisotopic (exact) mass is 499 g/mol. The highest BCUT2D eigenvalue weighted by atomic mass is 127. The average Bonchev–Trinajstić information content (AvgIpc) is 2.64. The molecular weight excluding hydrogens is 461 g/mol. The topological polar surface area (TPSA) is 78.4 Å². The Morgan fingerprint density at radius 2 is 1.96 bits per heavy atom. The number of rotatable bonds is 11. The molecule has 0 aromatic rings. The number of piperidine rings is 1. The van der Waals surface area contributed by atoms with Gasteiger partial charge in [0.25, 0.3) is 0 Å². The SMILES string of the molecule is CCOCCCNC(=NCC(=O)N(C)C)NC1CCN(CCOC)CC1.I. The number of nitrogens with zero attached hydrogens (tertiary/aromatic N) is 3. The molecule has 0 bridgehead atoms. The zero-order valence-electron chi connectivity index (χ0n) is 17.3. The maximum absolute atomic E-state index is 11.8. The molecule has 27 heavy (non-hydrogen) atoms. The molecule has 0 aromatic heterocycles. The van der Waals surface area contributed by atoms with E-state index < -0.39 is 0 Å². The predicted octanol–water partition coefficient (Wildman–Crippen LogP) is 0.765. The van der Waals surface area contributed by atoms with Gasteiger partial charge in [0.2, 0.25) is 5.91 Å². The van der Waals surface area contributed by atoms with Crippen molar-refractivity contribution in [3.63, 3.8) is 0 Å². The highest BCUT2D eigenvalue weighted by Gasteiger charge is 2.19. The first-order valence-corrected chi connectivity index (χ1v) is 9.60. The van der Waals surface area contributed by atoms with Gasteiger partial charge in [0.15, 0.2) is 5.96 Å². The van der Waals surface area contributed by atoms with Crippen LogP contribution in [-0.2, 0) is 14.3 Å². The number of nitrogens with one attached hydrogen (secondary N) is 2. The molecule has 0 aliphatic carbocycles. The molecule has 1 rings (SSSR count). The van der Waals surface area contributed by atoms with Crippen molar-refractivity contribution >= 4 is 35.8 Å². The zero-order chi connectivity index (χ0) is 19.2. The van der Waals surface area contributed by atoms with E-state index in [1.165, 1.54) is 0 Å². The number of aliphatic imine (C=N–C) groups is 1. The number of halogens is 1. The fourth-order valence-electron chi connectivity index (χ4n) is 2.68. The Morgan fingerprint density at radius 1 is 1.26 bits per heavy atom. The average molecular weight is 499 g/mol. The van der Waals surface area contributed by atoms with E-state index in [4.69, 9.17) is 9.47 Å². The molecule has 0 aromatic carbocycles. The molecule has 1 aliphatic rings. The van der Waals surface area contributed by atoms with Crippen LogP contribution in [0, 0.1) is 0 Å². The Kier molecular flexibility index (Phi) is 15.9. The molecule has 1 fully saturated rings. The highest BCUT2D eigenvalue weighted by molar-refractivity contribution is 14.0. The molecule has 2 N–H and O–H groups in total. The number of likely N-dealkylation sites (tertiary alicyclic amines) is 1. The third-order valence-corrected chi connectivity index (χ3v) is 4.37. The van der Waals surface area contributed by atoms with Crippen LogP contribution in [0.5, 0.6) is 0 Å². The molecule has 0 saturated carbocycles. The van der Waals surface area contributed by atoms with Gasteiger partial charge in [-0.05, 0) is 26.2 Å². The lowest BCUT2D eigenvalue weighted by atomic mass is 10.1. The van der Waals surface area contributed by atoms with Crippen molar-refractivity contribution in [2.45, 2.75) is 32.2 Å². The standard InChI is InChI=1S/C18H37N5O3.HI/c1-5-26-13-6-9-19-18(20-15-17(24)22(2)3)21-16-7-10-23(11-8-16)12-14-25-4;/h16H,5-15H2,1-4H3,(H2,19,20,21);1H. The van der Waals surface area contributed by atoms with Crippen LogP contribution in [0.15, 0.2) is 4.99 Å². The van der Waals surface area contributed by atoms with Crippen LogP contribution in [0.2, 0.25) is 0 Å². The summed E-state index contributed by atoms with van der Waals surface area (Å²) in [5.74, 6) is 0.710. The number of carbonyl (C=O) groups excluding carboxylic acids is 1. The first-order valence-electron chi connectivity index (χ1n) is 9.60. The van der Waals surface area contributed by atoms with Crippen molar-refractivity contribution in [3.05, 3.63) is 0 Å². The molecule has 9 heteroatoms. The molecule has 160 valence electrons. The minimum absolute atomic E-state index is 0. The molecule has 1 aliphatic heterocycles. The molecule has 0 spiro atoms. The highest BCUT2D eigenvalue weighted by Crippen LogP contribution is 2.09. The molecule has 0 unspecified atom stereocenters. The van der Waals surface area contributed by atoms with Crippen LogP contribution < -0.4 is 10.6 Å². The number of methoxy groups -OCH3 is 1. The molecular formula is C18H38IN5O3. The van der Waals surface area contributed by atoms with E-state index in [9.17, 15) is 4.79 Å². The van der Waals surface area contributed by atoms with Crippen LogP contribution in [0.3, 0.4) is 0 Å². The first kappa shape index (κ1) is 26.4. The second-order valence-corrected chi connectivity index (χ2v) is 6.68. The quantitative estimate of drug-likeness (QED) is 0.189. The Morgan fingerprint density at radius 3 is 2.56 bits per heavy atom. The largest absolute Gasteiger partial charge is 0.383 e. The fourth-order valence-corrected chi connectivity index (χ4v) is 2.68. The lowest BCUT2D eigenvalue weighted by Gasteiger charge is -2.33. The van der Waals surface area contributed by atoms with Gasteiger partial charge in [-0.1, -0.05) is 0 Å². The van der Waals surface area contributed by atoms with Gasteiger partial charge in [0, 0.05) is 66.6 Å². The van der Waals surface area contributed by atoms with Crippen molar-refractivity contribution in [2.24, 2.45) is 4.99 Å². The molecule has 0 atom stereocenters. The van der Waals surface area contributed by atoms with E-state index in [1.54, 1.807) is 26.1 Å². The maximum Gasteiger partial charge on any atom is 0.243 e. The third kappa shape index (κ3) is 12.4. The number of ether oxygens (including phenoxy) is 2. The summed E-state index contributed by atoms with van der Waals surface area (Å²) in [6.07, 6.45) is 3.03. The van der Waals surface area contributed by atoms with Gasteiger partial charge in [-0.3, -0.25) is 4.79 Å². The van der Waals surface area contributed by atoms with Crippen molar-refractivity contribution in [1.82, 2.24) is 20.4 Å². The van der Waals surface area contributed by atoms with E-state index in [2.05, 4.69) is 20.5 Å². The number of carbonyl (C=O) groups is 1. The molecule has 1 amide bonds. The summed E-state index contributed by atoms with van der Waals surface area (Å²) in [6.45, 7) is 8.24. The predicted molar refractivity (Wildman–Crippen MR) is 120 cm³/mol. The smallest absolute Gasteiger partial charge is 0.243 e. The Bertz CT molecular complexity index is 416. The summed E-state index contributed by atoms with van der Waals surface area (Å²) in [4.78, 5) is 20.3. The Labute approximate surface area is 181 Å². The summed E-state index contributed by atoms with van der Waals surface area (Å²) in [5.41, 5.74) is 0. The van der Waals surface area contributed by atoms with Gasteiger partial charge in [-0.15, -0.1) is 24.0 Å². The fraction of sp³-hybridized carbons (Fsp3) is 0.889. The van der Waals surface area contributed by atoms with Crippen molar-refractivity contribution in [1.29, 1.82) is 0 Å². The zero-order valence-corrected chi connectivity index (χ0v) is 19.7. The molecule has 8 nitrogen and oxygen atoms in total. The summed E-state index contributed by atoms with van der Waals surface area (Å²) in [7, 11) is 5.23. The second kappa shape index (κ2) is 16.3. The van der Waals surface area contributed by atoms with Gasteiger partial charge in [-0.25, -0.2) is 4.99 Å². The second-order valence-electron chi connectivity index (χ2n) is 6.68. The summed E-state index contributed by atoms with van der Waals surface area (Å²) in [6, 6.07) is 0.376. The van der Waals surface area contributed by atoms with E-state index in [-0.39, 0.29) is 36.4 Å². The molecule has 1 heterocycles. The lowest BCUT2D eigenvalue weighted by molar-refractivity contribution is -0.127. The van der Waals surface area contributed by atoms with Gasteiger partial charge in [0.05, 0.1) is 6.61 Å². The van der Waals surface area contributed by atoms with Gasteiger partial charge < -0.3 is 29.9 Å². The van der Waals surface area contributed by atoms with Crippen LogP contribution in [0.25, 0.3) is 0 Å². The van der Waals surface area contributed by atoms with E-state index in [0.29, 0.717) is 12.0 Å². The van der Waals surface area contributed by atoms with E-state index in [0.717, 1.165) is 65.3 Å². The number of hydrogen-bond acceptors (Lipinski definition) is 5. The van der Waals surface area contributed by atoms with Crippen molar-refractivity contribution in [3.8, 4) is 0 Å². The van der Waals surface area contributed by atoms with Crippen LogP contribution in [-0.4, -0.2) is 101 Å². The first-order chi connectivity index (χ1) is 12.6. The maximum atomic E-state index is 11.8. The van der Waals surface area contributed by atoms with Gasteiger partial charge in [-0.2, -0.15) is 0 Å². The number of amides is 1. The summed E-state index contributed by atoms with van der Waals surface area (Å²) in [5, 5.41) is 6.81. The normalized spacial score (nSPS) is 15.9. The minimum Gasteiger partial charge on any atom is -0.383 e. The van der Waals surface area contributed by atoms with Crippen LogP contribution in [0.4, 0.5) is 0 Å². The number of likely N-dealkylation sites (N-methyl/N-ethyl adjacent to an activating group) is 1. The number of hydrogen-bond donors (Lipinski definition) is 2. The van der Waals surface area contributed by atoms with E-state index >= 15 is 0 Å². The molecule has 1 saturated heterocycles. The summed E-state index contributed by atoms with van der Waals surface area (Å²) >= 11 is 0. The third-order valence-electron chi connectivity index (χ3n) is 4.37. The van der Waals surface area contributed by atoms with E-state index in [1.807, 2.05) is 6.92 Å². The Balaban J connectivity index is 0.00000676. The van der Waals surface area contributed by atoms with Gasteiger partial charge in [0.1, 0.15) is 6.54 Å².